The molecule has 1 amide bonds. The van der Waals surface area contributed by atoms with Crippen LogP contribution in [-0.2, 0) is 28.9 Å². The molecule has 1 aromatic carbocycles. The molecule has 1 N–H and O–H groups in total. The molecule has 1 aliphatic carbocycles. The molecule has 0 saturated carbocycles. The predicted molar refractivity (Wildman–Crippen MR) is 112 cm³/mol. The average Bonchev–Trinajstić information content (AvgIpc) is 2.90. The number of amides is 1. The molecule has 0 saturated heterocycles. The van der Waals surface area contributed by atoms with Gasteiger partial charge in [0.05, 0.1) is 29.9 Å². The normalized spacial score (nSPS) is 13.6. The molecular weight excluding hydrogens is 390 g/mol. The van der Waals surface area contributed by atoms with Gasteiger partial charge in [-0.05, 0) is 43.4 Å². The molecule has 4 rings (SSSR count). The van der Waals surface area contributed by atoms with E-state index in [9.17, 15) is 14.4 Å². The van der Waals surface area contributed by atoms with Gasteiger partial charge in [-0.1, -0.05) is 18.6 Å². The van der Waals surface area contributed by atoms with Crippen LogP contribution in [-0.4, -0.2) is 28.5 Å². The Morgan fingerprint density at radius 2 is 2.00 bits per heavy atom. The van der Waals surface area contributed by atoms with E-state index in [1.54, 1.807) is 24.3 Å². The maximum Gasteiger partial charge on any atom is 0.341 e. The fourth-order valence-corrected chi connectivity index (χ4v) is 4.98. The number of esters is 1. The van der Waals surface area contributed by atoms with Crippen LogP contribution in [0.3, 0.4) is 0 Å². The van der Waals surface area contributed by atoms with Crippen molar-refractivity contribution in [2.45, 2.75) is 38.6 Å². The van der Waals surface area contributed by atoms with Crippen LogP contribution in [0.25, 0.3) is 10.9 Å². The molecular formula is C21H21N3O4S. The standard InChI is InChI=1S/C21H21N3O4S/c1-28-21(27)18-14-8-3-2-4-10-16(14)29-19(18)23-17(25)11-24-12-22-15-9-6-5-7-13(15)20(24)26/h5-7,9,12H,2-4,8,10-11H2,1H3,(H,23,25). The van der Waals surface area contributed by atoms with E-state index in [0.717, 1.165) is 42.5 Å². The molecule has 29 heavy (non-hydrogen) atoms. The van der Waals surface area contributed by atoms with Crippen molar-refractivity contribution in [3.8, 4) is 0 Å². The van der Waals surface area contributed by atoms with E-state index in [2.05, 4.69) is 10.3 Å². The van der Waals surface area contributed by atoms with Gasteiger partial charge < -0.3 is 10.1 Å². The minimum Gasteiger partial charge on any atom is -0.465 e. The van der Waals surface area contributed by atoms with E-state index in [-0.39, 0.29) is 18.0 Å². The summed E-state index contributed by atoms with van der Waals surface area (Å²) in [5, 5.41) is 3.77. The van der Waals surface area contributed by atoms with E-state index < -0.39 is 5.97 Å². The number of nitrogens with one attached hydrogen (secondary N) is 1. The number of carbonyl (C=O) groups excluding carboxylic acids is 2. The average molecular weight is 411 g/mol. The third kappa shape index (κ3) is 3.80. The fraction of sp³-hybridized carbons (Fsp3) is 0.333. The van der Waals surface area contributed by atoms with Crippen molar-refractivity contribution in [3.63, 3.8) is 0 Å². The van der Waals surface area contributed by atoms with Crippen LogP contribution < -0.4 is 10.9 Å². The number of thiophene rings is 1. The van der Waals surface area contributed by atoms with Crippen LogP contribution in [0, 0.1) is 0 Å². The van der Waals surface area contributed by atoms with Crippen LogP contribution >= 0.6 is 11.3 Å². The number of aryl methyl sites for hydroxylation is 1. The van der Waals surface area contributed by atoms with Gasteiger partial charge in [0.25, 0.3) is 5.56 Å². The monoisotopic (exact) mass is 411 g/mol. The Labute approximate surface area is 171 Å². The first-order chi connectivity index (χ1) is 14.1. The Hall–Kier alpha value is -3.00. The second-order valence-electron chi connectivity index (χ2n) is 7.00. The number of anilines is 1. The second-order valence-corrected chi connectivity index (χ2v) is 8.11. The zero-order chi connectivity index (χ0) is 20.4. The lowest BCUT2D eigenvalue weighted by Gasteiger charge is -2.09. The summed E-state index contributed by atoms with van der Waals surface area (Å²) >= 11 is 1.43. The molecule has 3 aromatic rings. The third-order valence-electron chi connectivity index (χ3n) is 5.11. The number of hydrogen-bond donors (Lipinski definition) is 1. The summed E-state index contributed by atoms with van der Waals surface area (Å²) < 4.78 is 6.23. The first-order valence-electron chi connectivity index (χ1n) is 9.55. The molecule has 8 heteroatoms. The molecule has 7 nitrogen and oxygen atoms in total. The number of carbonyl (C=O) groups is 2. The molecule has 0 fully saturated rings. The second kappa shape index (κ2) is 8.16. The summed E-state index contributed by atoms with van der Waals surface area (Å²) in [4.78, 5) is 43.0. The first kappa shape index (κ1) is 19.3. The molecule has 0 bridgehead atoms. The maximum atomic E-state index is 12.7. The van der Waals surface area contributed by atoms with Gasteiger partial charge in [0.1, 0.15) is 11.5 Å². The van der Waals surface area contributed by atoms with E-state index in [1.165, 1.54) is 29.3 Å². The van der Waals surface area contributed by atoms with Crippen molar-refractivity contribution in [1.82, 2.24) is 9.55 Å². The van der Waals surface area contributed by atoms with Crippen molar-refractivity contribution in [2.24, 2.45) is 0 Å². The number of para-hydroxylation sites is 1. The Morgan fingerprint density at radius 3 is 2.83 bits per heavy atom. The highest BCUT2D eigenvalue weighted by Gasteiger charge is 2.26. The number of methoxy groups -OCH3 is 1. The molecule has 1 aliphatic rings. The topological polar surface area (TPSA) is 90.3 Å². The van der Waals surface area contributed by atoms with E-state index in [4.69, 9.17) is 4.74 Å². The van der Waals surface area contributed by atoms with Crippen molar-refractivity contribution in [1.29, 1.82) is 0 Å². The smallest absolute Gasteiger partial charge is 0.341 e. The molecule has 150 valence electrons. The van der Waals surface area contributed by atoms with Crippen molar-refractivity contribution in [2.75, 3.05) is 12.4 Å². The summed E-state index contributed by atoms with van der Waals surface area (Å²) in [5.41, 5.74) is 1.75. The molecule has 2 heterocycles. The Morgan fingerprint density at radius 1 is 1.21 bits per heavy atom. The highest BCUT2D eigenvalue weighted by molar-refractivity contribution is 7.17. The zero-order valence-electron chi connectivity index (χ0n) is 16.1. The minimum atomic E-state index is -0.441. The molecule has 0 radical (unpaired) electrons. The summed E-state index contributed by atoms with van der Waals surface area (Å²) in [6.45, 7) is -0.181. The summed E-state index contributed by atoms with van der Waals surface area (Å²) in [5.74, 6) is -0.824. The molecule has 0 unspecified atom stereocenters. The molecule has 2 aromatic heterocycles. The molecule has 0 aliphatic heterocycles. The van der Waals surface area contributed by atoms with Gasteiger partial charge in [0.15, 0.2) is 0 Å². The number of ether oxygens (including phenoxy) is 1. The molecule has 0 spiro atoms. The quantitative estimate of drug-likeness (QED) is 0.526. The van der Waals surface area contributed by atoms with E-state index in [0.29, 0.717) is 21.5 Å². The zero-order valence-corrected chi connectivity index (χ0v) is 16.9. The largest absolute Gasteiger partial charge is 0.465 e. The number of nitrogens with zero attached hydrogens (tertiary/aromatic N) is 2. The first-order valence-corrected chi connectivity index (χ1v) is 10.4. The van der Waals surface area contributed by atoms with Crippen molar-refractivity contribution in [3.05, 3.63) is 57.0 Å². The predicted octanol–water partition coefficient (Wildman–Crippen LogP) is 3.15. The van der Waals surface area contributed by atoms with Crippen molar-refractivity contribution < 1.29 is 14.3 Å². The molecule has 0 atom stereocenters. The minimum absolute atomic E-state index is 0.181. The lowest BCUT2D eigenvalue weighted by Crippen LogP contribution is -2.28. The summed E-state index contributed by atoms with van der Waals surface area (Å²) in [6, 6.07) is 7.01. The van der Waals surface area contributed by atoms with Gasteiger partial charge >= 0.3 is 5.97 Å². The number of benzene rings is 1. The SMILES string of the molecule is COC(=O)c1c(NC(=O)Cn2cnc3ccccc3c2=O)sc2c1CCCCC2. The Bertz CT molecular complexity index is 1150. The van der Waals surface area contributed by atoms with Gasteiger partial charge in [-0.3, -0.25) is 14.2 Å². The summed E-state index contributed by atoms with van der Waals surface area (Å²) in [7, 11) is 1.34. The van der Waals surface area contributed by atoms with Crippen LogP contribution in [0.1, 0.15) is 40.1 Å². The van der Waals surface area contributed by atoms with Crippen LogP contribution in [0.2, 0.25) is 0 Å². The lowest BCUT2D eigenvalue weighted by molar-refractivity contribution is -0.116. The van der Waals surface area contributed by atoms with Gasteiger partial charge in [0.2, 0.25) is 5.91 Å². The van der Waals surface area contributed by atoms with Gasteiger partial charge in [0, 0.05) is 4.88 Å². The van der Waals surface area contributed by atoms with Crippen LogP contribution in [0.5, 0.6) is 0 Å². The van der Waals surface area contributed by atoms with Gasteiger partial charge in [-0.2, -0.15) is 0 Å². The number of aromatic nitrogens is 2. The summed E-state index contributed by atoms with van der Waals surface area (Å²) in [6.07, 6.45) is 6.28. The lowest BCUT2D eigenvalue weighted by atomic mass is 10.1. The highest BCUT2D eigenvalue weighted by atomic mass is 32.1. The Balaban J connectivity index is 1.61. The highest BCUT2D eigenvalue weighted by Crippen LogP contribution is 2.37. The van der Waals surface area contributed by atoms with Gasteiger partial charge in [-0.25, -0.2) is 9.78 Å². The van der Waals surface area contributed by atoms with Crippen LogP contribution in [0.4, 0.5) is 5.00 Å². The van der Waals surface area contributed by atoms with E-state index in [1.807, 2.05) is 0 Å². The van der Waals surface area contributed by atoms with Crippen molar-refractivity contribution >= 4 is 39.1 Å². The number of hydrogen-bond acceptors (Lipinski definition) is 6. The Kier molecular flexibility index (Phi) is 5.44. The fourth-order valence-electron chi connectivity index (χ4n) is 3.69. The number of rotatable bonds is 4. The number of fused-ring (bicyclic) bond motifs is 2. The van der Waals surface area contributed by atoms with Gasteiger partial charge in [-0.15, -0.1) is 11.3 Å². The third-order valence-corrected chi connectivity index (χ3v) is 6.32. The van der Waals surface area contributed by atoms with E-state index >= 15 is 0 Å². The maximum absolute atomic E-state index is 12.7. The van der Waals surface area contributed by atoms with Crippen LogP contribution in [0.15, 0.2) is 35.4 Å².